The van der Waals surface area contributed by atoms with Crippen LogP contribution in [0.1, 0.15) is 72.0 Å². The Balaban J connectivity index is 1.65. The van der Waals surface area contributed by atoms with Gasteiger partial charge in [-0.15, -0.1) is 0 Å². The number of hydrogen-bond acceptors (Lipinski definition) is 3. The van der Waals surface area contributed by atoms with E-state index in [-0.39, 0.29) is 12.2 Å². The van der Waals surface area contributed by atoms with E-state index >= 15 is 0 Å². The van der Waals surface area contributed by atoms with Crippen LogP contribution in [0.4, 0.5) is 5.69 Å². The Morgan fingerprint density at radius 3 is 2.24 bits per heavy atom. The molecule has 5 nitrogen and oxygen atoms in total. The van der Waals surface area contributed by atoms with Crippen molar-refractivity contribution >= 4 is 17.4 Å². The molecule has 1 heterocycles. The lowest BCUT2D eigenvalue weighted by atomic mass is 10.0. The van der Waals surface area contributed by atoms with Crippen molar-refractivity contribution in [1.82, 2.24) is 4.57 Å². The summed E-state index contributed by atoms with van der Waals surface area (Å²) in [6, 6.07) is 18.3. The maximum Gasteiger partial charge on any atom is 0.303 e. The predicted molar refractivity (Wildman–Crippen MR) is 138 cm³/mol. The van der Waals surface area contributed by atoms with E-state index in [9.17, 15) is 9.59 Å². The average molecular weight is 461 g/mol. The number of carbonyl (C=O) groups excluding carboxylic acids is 1. The topological polar surface area (TPSA) is 71.3 Å². The highest BCUT2D eigenvalue weighted by atomic mass is 16.4. The standard InChI is InChI=1S/C29H36N2O3/c1-5-27-26(18-25(31(27)4)7-6-8-28(32)33)29(34)23-13-15-24(16-14-23)30-19-22-11-9-21(10-12-22)17-20(2)3/h9-16,18,20,30H,5-8,17,19H2,1-4H3,(H,32,33). The van der Waals surface area contributed by atoms with Gasteiger partial charge in [0.05, 0.1) is 0 Å². The maximum atomic E-state index is 13.2. The minimum atomic E-state index is -0.793. The Labute approximate surface area is 202 Å². The maximum absolute atomic E-state index is 13.2. The van der Waals surface area contributed by atoms with Crippen LogP contribution in [0.5, 0.6) is 0 Å². The highest BCUT2D eigenvalue weighted by Gasteiger charge is 2.19. The van der Waals surface area contributed by atoms with Crippen molar-refractivity contribution < 1.29 is 14.7 Å². The van der Waals surface area contributed by atoms with Gasteiger partial charge in [0, 0.05) is 48.2 Å². The summed E-state index contributed by atoms with van der Waals surface area (Å²) in [6.45, 7) is 7.22. The van der Waals surface area contributed by atoms with Crippen molar-refractivity contribution in [3.63, 3.8) is 0 Å². The number of aromatic nitrogens is 1. The SMILES string of the molecule is CCc1c(C(=O)c2ccc(NCc3ccc(CC(C)C)cc3)cc2)cc(CCCC(=O)O)n1C. The van der Waals surface area contributed by atoms with E-state index in [1.807, 2.05) is 48.9 Å². The highest BCUT2D eigenvalue weighted by Crippen LogP contribution is 2.22. The number of hydrogen-bond donors (Lipinski definition) is 2. The Hall–Kier alpha value is -3.34. The Bertz CT molecular complexity index is 1110. The van der Waals surface area contributed by atoms with Crippen molar-refractivity contribution in [2.24, 2.45) is 13.0 Å². The molecule has 0 atom stereocenters. The number of carboxylic acids is 1. The van der Waals surface area contributed by atoms with Crippen LogP contribution in [0, 0.1) is 5.92 Å². The van der Waals surface area contributed by atoms with Gasteiger partial charge in [-0.3, -0.25) is 9.59 Å². The third-order valence-electron chi connectivity index (χ3n) is 6.17. The van der Waals surface area contributed by atoms with Crippen LogP contribution in [-0.2, 0) is 37.6 Å². The molecule has 0 saturated heterocycles. The fourth-order valence-electron chi connectivity index (χ4n) is 4.35. The molecule has 0 amide bonds. The second-order valence-corrected chi connectivity index (χ2v) is 9.33. The fourth-order valence-corrected chi connectivity index (χ4v) is 4.35. The van der Waals surface area contributed by atoms with Crippen LogP contribution in [0.2, 0.25) is 0 Å². The monoisotopic (exact) mass is 460 g/mol. The zero-order chi connectivity index (χ0) is 24.7. The third-order valence-corrected chi connectivity index (χ3v) is 6.17. The lowest BCUT2D eigenvalue weighted by molar-refractivity contribution is -0.137. The predicted octanol–water partition coefficient (Wildman–Crippen LogP) is 6.04. The number of ketones is 1. The number of aryl methyl sites for hydroxylation is 1. The number of rotatable bonds is 12. The van der Waals surface area contributed by atoms with Gasteiger partial charge >= 0.3 is 5.97 Å². The molecule has 0 bridgehead atoms. The molecule has 34 heavy (non-hydrogen) atoms. The van der Waals surface area contributed by atoms with Gasteiger partial charge in [0.2, 0.25) is 0 Å². The molecule has 1 aromatic heterocycles. The molecular formula is C29H36N2O3. The second kappa shape index (κ2) is 11.7. The molecule has 0 spiro atoms. The lowest BCUT2D eigenvalue weighted by Crippen LogP contribution is -2.07. The molecule has 0 aliphatic heterocycles. The van der Waals surface area contributed by atoms with Crippen LogP contribution in [0.15, 0.2) is 54.6 Å². The summed E-state index contributed by atoms with van der Waals surface area (Å²) in [7, 11) is 1.95. The molecule has 0 aliphatic rings. The number of anilines is 1. The van der Waals surface area contributed by atoms with Crippen molar-refractivity contribution in [1.29, 1.82) is 0 Å². The molecule has 2 aromatic carbocycles. The summed E-state index contributed by atoms with van der Waals surface area (Å²) in [6.07, 6.45) is 3.17. The van der Waals surface area contributed by atoms with Crippen LogP contribution in [0.3, 0.4) is 0 Å². The zero-order valence-corrected chi connectivity index (χ0v) is 20.7. The van der Waals surface area contributed by atoms with E-state index in [0.29, 0.717) is 29.9 Å². The molecule has 0 fully saturated rings. The summed E-state index contributed by atoms with van der Waals surface area (Å²) in [5, 5.41) is 12.3. The first kappa shape index (κ1) is 25.3. The zero-order valence-electron chi connectivity index (χ0n) is 20.7. The largest absolute Gasteiger partial charge is 0.481 e. The number of carboxylic acid groups (broad SMARTS) is 1. The Kier molecular flexibility index (Phi) is 8.69. The summed E-state index contributed by atoms with van der Waals surface area (Å²) in [5.74, 6) is -0.139. The summed E-state index contributed by atoms with van der Waals surface area (Å²) < 4.78 is 2.04. The van der Waals surface area contributed by atoms with E-state index in [0.717, 1.165) is 36.5 Å². The molecule has 0 aliphatic carbocycles. The minimum Gasteiger partial charge on any atom is -0.481 e. The first-order valence-corrected chi connectivity index (χ1v) is 12.1. The van der Waals surface area contributed by atoms with E-state index in [1.165, 1.54) is 11.1 Å². The molecule has 0 unspecified atom stereocenters. The molecule has 0 saturated carbocycles. The normalized spacial score (nSPS) is 11.1. The molecular weight excluding hydrogens is 424 g/mol. The first-order valence-electron chi connectivity index (χ1n) is 12.1. The van der Waals surface area contributed by atoms with Crippen molar-refractivity contribution in [3.05, 3.63) is 88.2 Å². The van der Waals surface area contributed by atoms with Gasteiger partial charge in [-0.25, -0.2) is 0 Å². The van der Waals surface area contributed by atoms with E-state index in [1.54, 1.807) is 0 Å². The highest BCUT2D eigenvalue weighted by molar-refractivity contribution is 6.10. The number of nitrogens with one attached hydrogen (secondary N) is 1. The summed E-state index contributed by atoms with van der Waals surface area (Å²) >= 11 is 0. The minimum absolute atomic E-state index is 0.00391. The molecule has 2 N–H and O–H groups in total. The third kappa shape index (κ3) is 6.60. The van der Waals surface area contributed by atoms with Crippen LogP contribution >= 0.6 is 0 Å². The van der Waals surface area contributed by atoms with Gasteiger partial charge in [-0.2, -0.15) is 0 Å². The molecule has 3 aromatic rings. The molecule has 5 heteroatoms. The van der Waals surface area contributed by atoms with Gasteiger partial charge in [-0.05, 0) is 73.1 Å². The Morgan fingerprint density at radius 1 is 1.00 bits per heavy atom. The number of nitrogens with zero attached hydrogens (tertiary/aromatic N) is 1. The number of benzene rings is 2. The van der Waals surface area contributed by atoms with Crippen molar-refractivity contribution in [2.75, 3.05) is 5.32 Å². The quantitative estimate of drug-likeness (QED) is 0.323. The fraction of sp³-hybridized carbons (Fsp3) is 0.379. The van der Waals surface area contributed by atoms with Crippen LogP contribution in [-0.4, -0.2) is 21.4 Å². The van der Waals surface area contributed by atoms with E-state index < -0.39 is 5.97 Å². The van der Waals surface area contributed by atoms with E-state index in [2.05, 4.69) is 43.4 Å². The second-order valence-electron chi connectivity index (χ2n) is 9.33. The molecule has 3 rings (SSSR count). The van der Waals surface area contributed by atoms with Gasteiger partial charge in [0.25, 0.3) is 0 Å². The number of aliphatic carboxylic acids is 1. The van der Waals surface area contributed by atoms with Gasteiger partial charge < -0.3 is 15.0 Å². The summed E-state index contributed by atoms with van der Waals surface area (Å²) in [5.41, 5.74) is 6.90. The van der Waals surface area contributed by atoms with Crippen molar-refractivity contribution in [3.8, 4) is 0 Å². The van der Waals surface area contributed by atoms with Gasteiger partial charge in [-0.1, -0.05) is 45.0 Å². The summed E-state index contributed by atoms with van der Waals surface area (Å²) in [4.78, 5) is 24.1. The first-order chi connectivity index (χ1) is 16.3. The molecule has 0 radical (unpaired) electrons. The smallest absolute Gasteiger partial charge is 0.303 e. The molecule has 180 valence electrons. The number of carbonyl (C=O) groups is 2. The average Bonchev–Trinajstić information content (AvgIpc) is 3.13. The van der Waals surface area contributed by atoms with E-state index in [4.69, 9.17) is 5.11 Å². The lowest BCUT2D eigenvalue weighted by Gasteiger charge is -2.10. The van der Waals surface area contributed by atoms with Crippen molar-refractivity contribution in [2.45, 2.75) is 59.4 Å². The van der Waals surface area contributed by atoms with Crippen LogP contribution in [0.25, 0.3) is 0 Å². The van der Waals surface area contributed by atoms with Crippen LogP contribution < -0.4 is 5.32 Å². The van der Waals surface area contributed by atoms with Gasteiger partial charge in [0.1, 0.15) is 0 Å². The van der Waals surface area contributed by atoms with Gasteiger partial charge in [0.15, 0.2) is 5.78 Å². The Morgan fingerprint density at radius 2 is 1.65 bits per heavy atom.